The zero-order chi connectivity index (χ0) is 14.4. The summed E-state index contributed by atoms with van der Waals surface area (Å²) in [4.78, 5) is 0. The molecule has 21 heavy (non-hydrogen) atoms. The van der Waals surface area contributed by atoms with Crippen LogP contribution in [0.15, 0.2) is 48.5 Å². The number of fused-ring (bicyclic) bond motifs is 2. The van der Waals surface area contributed by atoms with Crippen molar-refractivity contribution in [3.8, 4) is 0 Å². The molecule has 2 bridgehead atoms. The van der Waals surface area contributed by atoms with Gasteiger partial charge >= 0.3 is 0 Å². The fourth-order valence-corrected chi connectivity index (χ4v) is 4.12. The van der Waals surface area contributed by atoms with Gasteiger partial charge in [-0.3, -0.25) is 0 Å². The molecular weight excluding hydrogens is 276 g/mol. The molecule has 1 saturated carbocycles. The number of hydrogen-bond donors (Lipinski definition) is 0. The van der Waals surface area contributed by atoms with Crippen LogP contribution >= 0.6 is 11.6 Å². The minimum atomic E-state index is 0.173. The van der Waals surface area contributed by atoms with Crippen LogP contribution in [0.25, 0.3) is 5.57 Å². The predicted molar refractivity (Wildman–Crippen MR) is 88.3 cm³/mol. The SMILES string of the molecule is Cc1ccc(C23CCC([C]=C2c2ccc(Cl)cc2)C3)cc1. The van der Waals surface area contributed by atoms with Gasteiger partial charge in [-0.15, -0.1) is 0 Å². The molecule has 0 saturated heterocycles. The molecule has 2 aliphatic carbocycles. The second kappa shape index (κ2) is 4.74. The summed E-state index contributed by atoms with van der Waals surface area (Å²) in [5.41, 5.74) is 5.61. The average molecular weight is 294 g/mol. The van der Waals surface area contributed by atoms with E-state index in [4.69, 9.17) is 11.6 Å². The third-order valence-corrected chi connectivity index (χ3v) is 5.33. The van der Waals surface area contributed by atoms with Gasteiger partial charge in [-0.1, -0.05) is 53.6 Å². The van der Waals surface area contributed by atoms with Crippen LogP contribution in [0.5, 0.6) is 0 Å². The summed E-state index contributed by atoms with van der Waals surface area (Å²) in [6.45, 7) is 2.15. The molecule has 0 N–H and O–H groups in total. The van der Waals surface area contributed by atoms with Crippen molar-refractivity contribution in [1.29, 1.82) is 0 Å². The third kappa shape index (κ3) is 2.05. The lowest BCUT2D eigenvalue weighted by Crippen LogP contribution is -2.22. The number of allylic oxidation sites excluding steroid dienone is 2. The van der Waals surface area contributed by atoms with Crippen molar-refractivity contribution in [1.82, 2.24) is 0 Å². The molecule has 105 valence electrons. The van der Waals surface area contributed by atoms with E-state index in [0.717, 1.165) is 5.02 Å². The van der Waals surface area contributed by atoms with Gasteiger partial charge in [0.15, 0.2) is 0 Å². The number of aryl methyl sites for hydroxylation is 1. The van der Waals surface area contributed by atoms with Crippen LogP contribution in [0, 0.1) is 18.9 Å². The average Bonchev–Trinajstić information content (AvgIpc) is 3.08. The van der Waals surface area contributed by atoms with Gasteiger partial charge in [-0.25, -0.2) is 0 Å². The molecule has 1 radical (unpaired) electrons. The monoisotopic (exact) mass is 293 g/mol. The minimum Gasteiger partial charge on any atom is -0.0843 e. The van der Waals surface area contributed by atoms with Gasteiger partial charge in [-0.2, -0.15) is 0 Å². The molecule has 0 aromatic heterocycles. The zero-order valence-corrected chi connectivity index (χ0v) is 13.0. The Labute approximate surface area is 131 Å². The second-order valence-electron chi connectivity index (χ2n) is 6.41. The summed E-state index contributed by atoms with van der Waals surface area (Å²) in [5.74, 6) is 0.622. The Kier molecular flexibility index (Phi) is 2.97. The quantitative estimate of drug-likeness (QED) is 0.677. The summed E-state index contributed by atoms with van der Waals surface area (Å²) in [6.07, 6.45) is 7.48. The molecule has 1 fully saturated rings. The van der Waals surface area contributed by atoms with Crippen molar-refractivity contribution in [2.45, 2.75) is 31.6 Å². The maximum Gasteiger partial charge on any atom is 0.0406 e. The molecule has 4 rings (SSSR count). The van der Waals surface area contributed by atoms with Gasteiger partial charge in [0.2, 0.25) is 0 Å². The third-order valence-electron chi connectivity index (χ3n) is 5.08. The van der Waals surface area contributed by atoms with E-state index in [9.17, 15) is 0 Å². The van der Waals surface area contributed by atoms with Crippen molar-refractivity contribution < 1.29 is 0 Å². The second-order valence-corrected chi connectivity index (χ2v) is 6.85. The Balaban J connectivity index is 1.81. The van der Waals surface area contributed by atoms with E-state index in [1.54, 1.807) is 0 Å². The zero-order valence-electron chi connectivity index (χ0n) is 12.2. The summed E-state index contributed by atoms with van der Waals surface area (Å²) < 4.78 is 0. The van der Waals surface area contributed by atoms with Gasteiger partial charge < -0.3 is 0 Å². The molecule has 2 aliphatic rings. The molecule has 2 atom stereocenters. The van der Waals surface area contributed by atoms with Crippen LogP contribution < -0.4 is 0 Å². The predicted octanol–water partition coefficient (Wildman–Crippen LogP) is 5.59. The van der Waals surface area contributed by atoms with Gasteiger partial charge in [-0.05, 0) is 67.0 Å². The van der Waals surface area contributed by atoms with Gasteiger partial charge in [0.1, 0.15) is 0 Å². The van der Waals surface area contributed by atoms with E-state index in [1.165, 1.54) is 41.5 Å². The van der Waals surface area contributed by atoms with Crippen LogP contribution in [0.3, 0.4) is 0 Å². The fourth-order valence-electron chi connectivity index (χ4n) is 3.99. The number of halogens is 1. The molecule has 2 aromatic carbocycles. The van der Waals surface area contributed by atoms with Crippen molar-refractivity contribution in [2.75, 3.05) is 0 Å². The van der Waals surface area contributed by atoms with Crippen LogP contribution in [-0.4, -0.2) is 0 Å². The first kappa shape index (κ1) is 13.2. The number of benzene rings is 2. The first-order valence-corrected chi connectivity index (χ1v) is 8.02. The van der Waals surface area contributed by atoms with Gasteiger partial charge in [0.05, 0.1) is 0 Å². The molecule has 2 unspecified atom stereocenters. The molecule has 0 amide bonds. The van der Waals surface area contributed by atoms with E-state index < -0.39 is 0 Å². The van der Waals surface area contributed by atoms with Crippen molar-refractivity contribution >= 4 is 17.2 Å². The van der Waals surface area contributed by atoms with E-state index in [-0.39, 0.29) is 5.41 Å². The summed E-state index contributed by atoms with van der Waals surface area (Å²) in [5, 5.41) is 0.798. The number of hydrogen-bond acceptors (Lipinski definition) is 0. The minimum absolute atomic E-state index is 0.173. The van der Waals surface area contributed by atoms with Gasteiger partial charge in [0.25, 0.3) is 0 Å². The van der Waals surface area contributed by atoms with E-state index in [2.05, 4.69) is 49.4 Å². The van der Waals surface area contributed by atoms with Crippen LogP contribution in [0.4, 0.5) is 0 Å². The smallest absolute Gasteiger partial charge is 0.0406 e. The lowest BCUT2D eigenvalue weighted by Gasteiger charge is -2.31. The standard InChI is InChI=1S/C20H18Cl/c1-14-2-6-17(7-3-14)20-11-10-15(13-20)12-19(20)16-4-8-18(21)9-5-16/h2-9,15H,10-11,13H2,1H3. The molecule has 1 heteroatoms. The van der Waals surface area contributed by atoms with Crippen molar-refractivity contribution in [3.63, 3.8) is 0 Å². The van der Waals surface area contributed by atoms with Gasteiger partial charge in [0, 0.05) is 10.4 Å². The van der Waals surface area contributed by atoms with Crippen molar-refractivity contribution in [2.24, 2.45) is 5.92 Å². The first-order chi connectivity index (χ1) is 10.2. The topological polar surface area (TPSA) is 0 Å². The highest BCUT2D eigenvalue weighted by Crippen LogP contribution is 2.58. The molecule has 0 nitrogen and oxygen atoms in total. The molecule has 2 aromatic rings. The lowest BCUT2D eigenvalue weighted by atomic mass is 9.72. The Hall–Kier alpha value is -1.53. The summed E-state index contributed by atoms with van der Waals surface area (Å²) in [6, 6.07) is 17.3. The van der Waals surface area contributed by atoms with E-state index >= 15 is 0 Å². The Morgan fingerprint density at radius 2 is 1.76 bits per heavy atom. The van der Waals surface area contributed by atoms with E-state index in [1.807, 2.05) is 12.1 Å². The Bertz CT molecular complexity index is 694. The first-order valence-electron chi connectivity index (χ1n) is 7.64. The van der Waals surface area contributed by atoms with Crippen molar-refractivity contribution in [3.05, 3.63) is 76.3 Å². The normalized spacial score (nSPS) is 27.0. The Morgan fingerprint density at radius 1 is 1.05 bits per heavy atom. The van der Waals surface area contributed by atoms with Crippen LogP contribution in [-0.2, 0) is 5.41 Å². The lowest BCUT2D eigenvalue weighted by molar-refractivity contribution is 0.584. The number of rotatable bonds is 2. The largest absolute Gasteiger partial charge is 0.0843 e. The summed E-state index contributed by atoms with van der Waals surface area (Å²) in [7, 11) is 0. The highest BCUT2D eigenvalue weighted by atomic mass is 35.5. The molecule has 0 aliphatic heterocycles. The fraction of sp³-hybridized carbons (Fsp3) is 0.300. The highest BCUT2D eigenvalue weighted by molar-refractivity contribution is 6.30. The van der Waals surface area contributed by atoms with E-state index in [0.29, 0.717) is 5.92 Å². The van der Waals surface area contributed by atoms with Crippen LogP contribution in [0.2, 0.25) is 5.02 Å². The van der Waals surface area contributed by atoms with Crippen LogP contribution in [0.1, 0.15) is 36.0 Å². The molecular formula is C20H18Cl. The maximum absolute atomic E-state index is 6.04. The molecule has 0 heterocycles. The molecule has 0 spiro atoms. The highest BCUT2D eigenvalue weighted by Gasteiger charge is 2.48. The summed E-state index contributed by atoms with van der Waals surface area (Å²) >= 11 is 6.04. The maximum atomic E-state index is 6.04. The Morgan fingerprint density at radius 3 is 2.43 bits per heavy atom.